The summed E-state index contributed by atoms with van der Waals surface area (Å²) in [5.41, 5.74) is 0.917. The van der Waals surface area contributed by atoms with Crippen molar-refractivity contribution in [2.24, 2.45) is 4.99 Å². The van der Waals surface area contributed by atoms with E-state index in [1.165, 1.54) is 0 Å². The number of rotatable bonds is 4. The van der Waals surface area contributed by atoms with Gasteiger partial charge in [0.15, 0.2) is 0 Å². The lowest BCUT2D eigenvalue weighted by Gasteiger charge is -1.93. The second-order valence-corrected chi connectivity index (χ2v) is 2.49. The molecule has 0 aliphatic heterocycles. The van der Waals surface area contributed by atoms with Gasteiger partial charge < -0.3 is 5.32 Å². The van der Waals surface area contributed by atoms with Gasteiger partial charge in [-0.15, -0.1) is 11.8 Å². The van der Waals surface area contributed by atoms with Gasteiger partial charge in [0.25, 0.3) is 0 Å². The zero-order valence-electron chi connectivity index (χ0n) is 5.85. The van der Waals surface area contributed by atoms with E-state index in [1.54, 1.807) is 18.1 Å². The molecule has 0 aromatic heterocycles. The zero-order chi connectivity index (χ0) is 7.11. The van der Waals surface area contributed by atoms with Crippen LogP contribution in [0.15, 0.2) is 17.3 Å². The number of hydrogen-bond acceptors (Lipinski definition) is 2. The molecule has 0 aromatic carbocycles. The molecular formula is C6H12N2S. The van der Waals surface area contributed by atoms with E-state index in [4.69, 9.17) is 0 Å². The maximum Gasteiger partial charge on any atom is 0.0875 e. The molecule has 0 atom stereocenters. The molecule has 0 fully saturated rings. The van der Waals surface area contributed by atoms with Crippen molar-refractivity contribution < 1.29 is 0 Å². The van der Waals surface area contributed by atoms with E-state index in [1.807, 2.05) is 13.2 Å². The largest absolute Gasteiger partial charge is 0.351 e. The molecule has 0 amide bonds. The van der Waals surface area contributed by atoms with Gasteiger partial charge in [0.2, 0.25) is 0 Å². The van der Waals surface area contributed by atoms with Crippen molar-refractivity contribution in [1.82, 2.24) is 5.32 Å². The van der Waals surface area contributed by atoms with Crippen molar-refractivity contribution in [1.29, 1.82) is 0 Å². The Balaban J connectivity index is 3.14. The Kier molecular flexibility index (Phi) is 5.41. The highest BCUT2D eigenvalue weighted by molar-refractivity contribution is 7.98. The molecule has 52 valence electrons. The Hall–Kier alpha value is -0.440. The second-order valence-electron chi connectivity index (χ2n) is 1.65. The van der Waals surface area contributed by atoms with Crippen LogP contribution in [-0.4, -0.2) is 18.5 Å². The highest BCUT2D eigenvalue weighted by Gasteiger charge is 1.74. The summed E-state index contributed by atoms with van der Waals surface area (Å²) in [6.07, 6.45) is 3.68. The third-order valence-corrected chi connectivity index (χ3v) is 1.01. The van der Waals surface area contributed by atoms with Gasteiger partial charge in [-0.05, 0) is 13.2 Å². The molecule has 0 spiro atoms. The molecule has 0 unspecified atom stereocenters. The van der Waals surface area contributed by atoms with Crippen LogP contribution in [0.3, 0.4) is 0 Å². The smallest absolute Gasteiger partial charge is 0.0875 e. The summed E-state index contributed by atoms with van der Waals surface area (Å²) in [5.74, 6) is 0.806. The first kappa shape index (κ1) is 8.56. The van der Waals surface area contributed by atoms with Crippen LogP contribution in [0, 0.1) is 0 Å². The van der Waals surface area contributed by atoms with E-state index >= 15 is 0 Å². The Bertz CT molecular complexity index is 110. The van der Waals surface area contributed by atoms with Gasteiger partial charge in [-0.25, -0.2) is 0 Å². The summed E-state index contributed by atoms with van der Waals surface area (Å²) in [7, 11) is 0. The SMILES string of the molecule is C=C(C)NC=NCSC. The third-order valence-electron chi connectivity index (χ3n) is 0.606. The molecule has 0 radical (unpaired) electrons. The van der Waals surface area contributed by atoms with Crippen LogP contribution in [0.4, 0.5) is 0 Å². The second kappa shape index (κ2) is 5.69. The monoisotopic (exact) mass is 144 g/mol. The highest BCUT2D eigenvalue weighted by Crippen LogP contribution is 1.88. The first-order chi connectivity index (χ1) is 4.27. The minimum atomic E-state index is 0.806. The van der Waals surface area contributed by atoms with Crippen molar-refractivity contribution >= 4 is 18.1 Å². The topological polar surface area (TPSA) is 24.4 Å². The quantitative estimate of drug-likeness (QED) is 0.477. The maximum absolute atomic E-state index is 4.00. The molecule has 0 aromatic rings. The molecule has 0 aliphatic carbocycles. The average molecular weight is 144 g/mol. The van der Waals surface area contributed by atoms with E-state index in [-0.39, 0.29) is 0 Å². The molecule has 9 heavy (non-hydrogen) atoms. The fourth-order valence-corrected chi connectivity index (χ4v) is 0.491. The van der Waals surface area contributed by atoms with Crippen molar-refractivity contribution in [3.8, 4) is 0 Å². The third kappa shape index (κ3) is 7.56. The predicted octanol–water partition coefficient (Wildman–Crippen LogP) is 1.46. The lowest BCUT2D eigenvalue weighted by Crippen LogP contribution is -2.05. The standard InChI is InChI=1S/C6H12N2S/c1-6(2)8-4-7-5-9-3/h4H,1,5H2,2-3H3,(H,7,8). The molecule has 2 nitrogen and oxygen atoms in total. The highest BCUT2D eigenvalue weighted by atomic mass is 32.2. The molecule has 1 N–H and O–H groups in total. The Morgan fingerprint density at radius 2 is 2.56 bits per heavy atom. The first-order valence-electron chi connectivity index (χ1n) is 2.66. The van der Waals surface area contributed by atoms with Gasteiger partial charge in [0, 0.05) is 5.70 Å². The number of nitrogens with zero attached hydrogens (tertiary/aromatic N) is 1. The van der Waals surface area contributed by atoms with Gasteiger partial charge in [-0.2, -0.15) is 0 Å². The predicted molar refractivity (Wildman–Crippen MR) is 44.8 cm³/mol. The Morgan fingerprint density at radius 1 is 1.89 bits per heavy atom. The van der Waals surface area contributed by atoms with Crippen molar-refractivity contribution in [2.75, 3.05) is 12.1 Å². The van der Waals surface area contributed by atoms with E-state index in [2.05, 4.69) is 16.9 Å². The molecule has 0 saturated heterocycles. The van der Waals surface area contributed by atoms with Crippen LogP contribution >= 0.6 is 11.8 Å². The van der Waals surface area contributed by atoms with Crippen molar-refractivity contribution in [3.63, 3.8) is 0 Å². The fourth-order valence-electron chi connectivity index (χ4n) is 0.268. The molecule has 0 rings (SSSR count). The minimum absolute atomic E-state index is 0.806. The van der Waals surface area contributed by atoms with E-state index in [0.717, 1.165) is 11.6 Å². The lowest BCUT2D eigenvalue weighted by atomic mass is 10.6. The molecule has 0 bridgehead atoms. The molecule has 3 heteroatoms. The summed E-state index contributed by atoms with van der Waals surface area (Å²) in [5, 5.41) is 2.88. The summed E-state index contributed by atoms with van der Waals surface area (Å²) >= 11 is 1.69. The van der Waals surface area contributed by atoms with E-state index in [9.17, 15) is 0 Å². The number of allylic oxidation sites excluding steroid dienone is 1. The summed E-state index contributed by atoms with van der Waals surface area (Å²) in [4.78, 5) is 4.00. The van der Waals surface area contributed by atoms with Crippen LogP contribution < -0.4 is 5.32 Å². The number of thioether (sulfide) groups is 1. The molecular weight excluding hydrogens is 132 g/mol. The fraction of sp³-hybridized carbons (Fsp3) is 0.500. The summed E-state index contributed by atoms with van der Waals surface area (Å²) in [6.45, 7) is 5.54. The van der Waals surface area contributed by atoms with Gasteiger partial charge in [-0.1, -0.05) is 6.58 Å². The minimum Gasteiger partial charge on any atom is -0.351 e. The Morgan fingerprint density at radius 3 is 3.00 bits per heavy atom. The summed E-state index contributed by atoms with van der Waals surface area (Å²) in [6, 6.07) is 0. The zero-order valence-corrected chi connectivity index (χ0v) is 6.66. The Labute approximate surface area is 60.4 Å². The van der Waals surface area contributed by atoms with Crippen LogP contribution in [0.5, 0.6) is 0 Å². The van der Waals surface area contributed by atoms with Gasteiger partial charge in [0.05, 0.1) is 12.2 Å². The molecule has 0 aliphatic rings. The average Bonchev–Trinajstić information content (AvgIpc) is 1.80. The van der Waals surface area contributed by atoms with E-state index in [0.29, 0.717) is 0 Å². The summed E-state index contributed by atoms with van der Waals surface area (Å²) < 4.78 is 0. The van der Waals surface area contributed by atoms with Gasteiger partial charge in [-0.3, -0.25) is 4.99 Å². The number of aliphatic imine (C=N–C) groups is 1. The van der Waals surface area contributed by atoms with Crippen molar-refractivity contribution in [3.05, 3.63) is 12.3 Å². The van der Waals surface area contributed by atoms with Crippen LogP contribution in [0.2, 0.25) is 0 Å². The molecule has 0 heterocycles. The van der Waals surface area contributed by atoms with Gasteiger partial charge >= 0.3 is 0 Å². The number of hydrogen-bond donors (Lipinski definition) is 1. The maximum atomic E-state index is 4.00. The van der Waals surface area contributed by atoms with Crippen LogP contribution in [0.25, 0.3) is 0 Å². The molecule has 0 saturated carbocycles. The first-order valence-corrected chi connectivity index (χ1v) is 4.06. The van der Waals surface area contributed by atoms with E-state index < -0.39 is 0 Å². The van der Waals surface area contributed by atoms with Crippen molar-refractivity contribution in [2.45, 2.75) is 6.92 Å². The van der Waals surface area contributed by atoms with Crippen LogP contribution in [0.1, 0.15) is 6.92 Å². The normalized spacial score (nSPS) is 10.0. The lowest BCUT2D eigenvalue weighted by molar-refractivity contribution is 1.14. The van der Waals surface area contributed by atoms with Crippen LogP contribution in [-0.2, 0) is 0 Å². The van der Waals surface area contributed by atoms with Gasteiger partial charge in [0.1, 0.15) is 0 Å². The number of nitrogens with one attached hydrogen (secondary N) is 1.